The predicted octanol–water partition coefficient (Wildman–Crippen LogP) is 2.43. The number of aromatic nitrogens is 1. The first-order chi connectivity index (χ1) is 20.3. The van der Waals surface area contributed by atoms with E-state index in [0.29, 0.717) is 0 Å². The Morgan fingerprint density at radius 3 is 2.47 bits per heavy atom. The number of ether oxygens (including phenoxy) is 4. The van der Waals surface area contributed by atoms with Gasteiger partial charge in [-0.3, -0.25) is 14.6 Å². The van der Waals surface area contributed by atoms with Crippen LogP contribution in [0, 0.1) is 11.3 Å². The number of hydrogen-bond acceptors (Lipinski definition) is 11. The smallest absolute Gasteiger partial charge is 0.340 e. The van der Waals surface area contributed by atoms with Gasteiger partial charge in [-0.25, -0.2) is 9.59 Å². The van der Waals surface area contributed by atoms with Gasteiger partial charge in [0, 0.05) is 25.4 Å². The van der Waals surface area contributed by atoms with Crippen LogP contribution in [0.3, 0.4) is 0 Å². The SMILES string of the molecule is CC(=O)OC[C@@]12[C@@H](OC(=O)/C=C\c3ccccc3)CC[C@](C)(O)[C@]13OC(C)(C)[C@H](C(=O)[C@H]2OC(=O)c1cccnc1)[C@H]3O. The van der Waals surface area contributed by atoms with Crippen LogP contribution in [-0.2, 0) is 33.3 Å². The largest absolute Gasteiger partial charge is 0.465 e. The maximum atomic E-state index is 14.3. The zero-order valence-corrected chi connectivity index (χ0v) is 24.4. The highest BCUT2D eigenvalue weighted by atomic mass is 16.6. The van der Waals surface area contributed by atoms with E-state index in [9.17, 15) is 29.4 Å². The van der Waals surface area contributed by atoms with Crippen LogP contribution in [0.4, 0.5) is 0 Å². The number of esters is 3. The predicted molar refractivity (Wildman–Crippen MR) is 150 cm³/mol. The molecule has 11 nitrogen and oxygen atoms in total. The van der Waals surface area contributed by atoms with Gasteiger partial charge in [0.05, 0.1) is 28.8 Å². The summed E-state index contributed by atoms with van der Waals surface area (Å²) in [4.78, 5) is 57.2. The Morgan fingerprint density at radius 1 is 1.09 bits per heavy atom. The van der Waals surface area contributed by atoms with Gasteiger partial charge < -0.3 is 29.2 Å². The molecule has 1 saturated heterocycles. The normalized spacial score (nSPS) is 34.3. The molecule has 2 bridgehead atoms. The Kier molecular flexibility index (Phi) is 7.78. The molecule has 0 amide bonds. The molecule has 2 heterocycles. The van der Waals surface area contributed by atoms with Crippen molar-refractivity contribution in [2.75, 3.05) is 6.61 Å². The summed E-state index contributed by atoms with van der Waals surface area (Å²) in [7, 11) is 0. The summed E-state index contributed by atoms with van der Waals surface area (Å²) in [5, 5.41) is 23.9. The van der Waals surface area contributed by atoms with Gasteiger partial charge in [0.25, 0.3) is 0 Å². The molecule has 2 aromatic rings. The molecule has 2 N–H and O–H groups in total. The molecule has 228 valence electrons. The average molecular weight is 594 g/mol. The molecule has 11 heteroatoms. The first-order valence-electron chi connectivity index (χ1n) is 14.1. The van der Waals surface area contributed by atoms with E-state index in [2.05, 4.69) is 4.98 Å². The second-order valence-electron chi connectivity index (χ2n) is 12.1. The van der Waals surface area contributed by atoms with E-state index < -0.39 is 76.7 Å². The fraction of sp³-hybridized carbons (Fsp3) is 0.469. The van der Waals surface area contributed by atoms with Crippen LogP contribution in [0.1, 0.15) is 56.5 Å². The molecule has 0 radical (unpaired) electrons. The number of benzene rings is 1. The van der Waals surface area contributed by atoms with Gasteiger partial charge in [-0.1, -0.05) is 30.3 Å². The van der Waals surface area contributed by atoms with Gasteiger partial charge in [-0.15, -0.1) is 0 Å². The second kappa shape index (κ2) is 11.0. The van der Waals surface area contributed by atoms with Crippen molar-refractivity contribution in [1.29, 1.82) is 0 Å². The van der Waals surface area contributed by atoms with Crippen molar-refractivity contribution in [3.63, 3.8) is 0 Å². The monoisotopic (exact) mass is 593 g/mol. The van der Waals surface area contributed by atoms with Gasteiger partial charge in [0.1, 0.15) is 23.7 Å². The Hall–Kier alpha value is -3.93. The van der Waals surface area contributed by atoms with Gasteiger partial charge in [-0.05, 0) is 57.4 Å². The molecule has 43 heavy (non-hydrogen) atoms. The number of carbonyl (C=O) groups is 4. The van der Waals surface area contributed by atoms with Gasteiger partial charge in [0.15, 0.2) is 11.9 Å². The van der Waals surface area contributed by atoms with Crippen LogP contribution >= 0.6 is 0 Å². The van der Waals surface area contributed by atoms with Gasteiger partial charge >= 0.3 is 17.9 Å². The molecular weight excluding hydrogens is 558 g/mol. The molecule has 1 aromatic heterocycles. The summed E-state index contributed by atoms with van der Waals surface area (Å²) >= 11 is 0. The highest BCUT2D eigenvalue weighted by Gasteiger charge is 2.85. The van der Waals surface area contributed by atoms with Crippen LogP contribution < -0.4 is 0 Å². The minimum absolute atomic E-state index is 0.0213. The molecule has 3 aliphatic rings. The number of hydrogen-bond donors (Lipinski definition) is 2. The number of carbonyl (C=O) groups excluding carboxylic acids is 4. The molecule has 7 atom stereocenters. The standard InChI is InChI=1S/C32H35NO10/c1-19(34)40-18-31-22(41-23(35)13-12-20-9-6-5-7-10-20)14-15-30(4,39)32(31)26(37)24(29(2,3)43-32)25(36)27(31)42-28(38)21-11-8-16-33-17-21/h5-13,16-17,22,24,26-27,37,39H,14-15,18H2,1-4H3/b13-12-/t22-,24+,26+,27+,30-,31-,32-/m0/s1. The molecule has 1 aromatic carbocycles. The molecule has 1 aliphatic heterocycles. The van der Waals surface area contributed by atoms with E-state index in [0.717, 1.165) is 12.5 Å². The topological polar surface area (TPSA) is 159 Å². The van der Waals surface area contributed by atoms with E-state index in [1.165, 1.54) is 37.5 Å². The minimum atomic E-state index is -2.07. The first-order valence-corrected chi connectivity index (χ1v) is 14.1. The number of aliphatic hydroxyl groups excluding tert-OH is 1. The lowest BCUT2D eigenvalue weighted by Gasteiger charge is -2.63. The van der Waals surface area contributed by atoms with E-state index in [1.54, 1.807) is 44.2 Å². The second-order valence-corrected chi connectivity index (χ2v) is 12.1. The van der Waals surface area contributed by atoms with Gasteiger partial charge in [0.2, 0.25) is 0 Å². The fourth-order valence-corrected chi connectivity index (χ4v) is 7.22. The van der Waals surface area contributed by atoms with E-state index in [1.807, 2.05) is 6.07 Å². The molecule has 3 fully saturated rings. The lowest BCUT2D eigenvalue weighted by atomic mass is 9.46. The van der Waals surface area contributed by atoms with Crippen molar-refractivity contribution in [3.05, 3.63) is 72.1 Å². The summed E-state index contributed by atoms with van der Waals surface area (Å²) < 4.78 is 23.9. The molecule has 0 unspecified atom stereocenters. The Bertz CT molecular complexity index is 1440. The third-order valence-corrected chi connectivity index (χ3v) is 9.00. The summed E-state index contributed by atoms with van der Waals surface area (Å²) in [6.07, 6.45) is 0.729. The van der Waals surface area contributed by atoms with Gasteiger partial charge in [-0.2, -0.15) is 0 Å². The van der Waals surface area contributed by atoms with Crippen LogP contribution in [0.25, 0.3) is 6.08 Å². The van der Waals surface area contributed by atoms with Crippen molar-refractivity contribution in [3.8, 4) is 0 Å². The van der Waals surface area contributed by atoms with E-state index in [4.69, 9.17) is 18.9 Å². The Balaban J connectivity index is 1.67. The number of rotatable bonds is 7. The summed E-state index contributed by atoms with van der Waals surface area (Å²) in [5.41, 5.74) is -6.55. The third kappa shape index (κ3) is 4.85. The Morgan fingerprint density at radius 2 is 1.81 bits per heavy atom. The minimum Gasteiger partial charge on any atom is -0.465 e. The highest BCUT2D eigenvalue weighted by Crippen LogP contribution is 2.67. The van der Waals surface area contributed by atoms with Crippen molar-refractivity contribution in [2.45, 2.75) is 75.7 Å². The number of ketones is 1. The Labute approximate surface area is 248 Å². The quantitative estimate of drug-likeness (QED) is 0.276. The zero-order valence-electron chi connectivity index (χ0n) is 24.4. The molecule has 1 spiro atoms. The van der Waals surface area contributed by atoms with E-state index in [-0.39, 0.29) is 18.4 Å². The van der Waals surface area contributed by atoms with Crippen LogP contribution in [0.2, 0.25) is 0 Å². The number of Topliss-reactive ketones (excluding diaryl/α,β-unsaturated/α-hetero) is 1. The fourth-order valence-electron chi connectivity index (χ4n) is 7.22. The number of nitrogens with zero attached hydrogens (tertiary/aromatic N) is 1. The van der Waals surface area contributed by atoms with Crippen LogP contribution in [0.5, 0.6) is 0 Å². The van der Waals surface area contributed by atoms with Crippen molar-refractivity contribution in [2.24, 2.45) is 11.3 Å². The van der Waals surface area contributed by atoms with Crippen molar-refractivity contribution < 1.29 is 48.3 Å². The lowest BCUT2D eigenvalue weighted by Crippen LogP contribution is -2.82. The van der Waals surface area contributed by atoms with Crippen LogP contribution in [0.15, 0.2) is 60.9 Å². The number of aliphatic hydroxyl groups is 2. The molecular formula is C32H35NO10. The first kappa shape index (κ1) is 30.5. The molecule has 2 aliphatic carbocycles. The lowest BCUT2D eigenvalue weighted by molar-refractivity contribution is -0.334. The molecule has 5 rings (SSSR count). The van der Waals surface area contributed by atoms with Crippen molar-refractivity contribution in [1.82, 2.24) is 4.98 Å². The zero-order chi connectivity index (χ0) is 31.2. The number of fused-ring (bicyclic) bond motifs is 1. The number of pyridine rings is 1. The average Bonchev–Trinajstić information content (AvgIpc) is 3.15. The summed E-state index contributed by atoms with van der Waals surface area (Å²) in [6.45, 7) is 5.09. The maximum Gasteiger partial charge on any atom is 0.340 e. The summed E-state index contributed by atoms with van der Waals surface area (Å²) in [5.74, 6) is -4.41. The maximum absolute atomic E-state index is 14.3. The third-order valence-electron chi connectivity index (χ3n) is 9.00. The van der Waals surface area contributed by atoms with E-state index >= 15 is 0 Å². The van der Waals surface area contributed by atoms with Crippen molar-refractivity contribution >= 4 is 29.8 Å². The molecule has 2 saturated carbocycles. The summed E-state index contributed by atoms with van der Waals surface area (Å²) in [6, 6.07) is 12.0. The highest BCUT2D eigenvalue weighted by molar-refractivity contribution is 5.96. The van der Waals surface area contributed by atoms with Crippen LogP contribution in [-0.4, -0.2) is 80.6 Å².